The maximum atomic E-state index is 13.1. The molecule has 0 saturated carbocycles. The van der Waals surface area contributed by atoms with Gasteiger partial charge in [0.1, 0.15) is 0 Å². The zero-order valence-corrected chi connectivity index (χ0v) is 8.76. The molecule has 0 bridgehead atoms. The van der Waals surface area contributed by atoms with Crippen LogP contribution in [-0.2, 0) is 5.92 Å². The lowest BCUT2D eigenvalue weighted by atomic mass is 10.0. The zero-order chi connectivity index (χ0) is 10.9. The van der Waals surface area contributed by atoms with Gasteiger partial charge in [0.2, 0.25) is 0 Å². The van der Waals surface area contributed by atoms with Gasteiger partial charge in [-0.25, -0.2) is 8.78 Å². The summed E-state index contributed by atoms with van der Waals surface area (Å²) >= 11 is 0. The lowest BCUT2D eigenvalue weighted by molar-refractivity contribution is 0.0173. The third-order valence-corrected chi connectivity index (χ3v) is 2.86. The Labute approximate surface area is 88.5 Å². The largest absolute Gasteiger partial charge is 0.310 e. The van der Waals surface area contributed by atoms with Gasteiger partial charge in [0.05, 0.1) is 0 Å². The minimum Gasteiger partial charge on any atom is -0.310 e. The fourth-order valence-corrected chi connectivity index (χ4v) is 2.00. The number of alkyl halides is 2. The first kappa shape index (κ1) is 10.6. The Hall–Kier alpha value is -0.960. The molecule has 1 atom stereocenters. The van der Waals surface area contributed by atoms with Crippen LogP contribution in [-0.4, -0.2) is 6.54 Å². The molecule has 1 N–H and O–H groups in total. The first-order valence-corrected chi connectivity index (χ1v) is 5.29. The van der Waals surface area contributed by atoms with Crippen molar-refractivity contribution in [2.45, 2.75) is 31.7 Å². The molecule has 0 radical (unpaired) electrons. The van der Waals surface area contributed by atoms with E-state index in [4.69, 9.17) is 0 Å². The summed E-state index contributed by atoms with van der Waals surface area (Å²) in [5.41, 5.74) is 1.08. The number of nitrogens with one attached hydrogen (secondary N) is 1. The van der Waals surface area contributed by atoms with E-state index in [1.807, 2.05) is 6.07 Å². The van der Waals surface area contributed by atoms with Crippen molar-refractivity contribution in [3.63, 3.8) is 0 Å². The molecule has 0 spiro atoms. The predicted octanol–water partition coefficient (Wildman–Crippen LogP) is 3.22. The second-order valence-corrected chi connectivity index (χ2v) is 4.16. The Morgan fingerprint density at radius 1 is 1.40 bits per heavy atom. The third kappa shape index (κ3) is 2.34. The van der Waals surface area contributed by atoms with Crippen molar-refractivity contribution < 1.29 is 8.78 Å². The summed E-state index contributed by atoms with van der Waals surface area (Å²) < 4.78 is 26.2. The molecule has 0 aliphatic carbocycles. The smallest absolute Gasteiger partial charge is 0.270 e. The molecule has 1 aliphatic rings. The summed E-state index contributed by atoms with van der Waals surface area (Å²) in [5.74, 6) is -2.74. The van der Waals surface area contributed by atoms with Crippen molar-refractivity contribution in [1.29, 1.82) is 0 Å². The van der Waals surface area contributed by atoms with Gasteiger partial charge in [-0.05, 0) is 31.0 Å². The minimum absolute atomic E-state index is 0.105. The lowest BCUT2D eigenvalue weighted by Crippen LogP contribution is -2.14. The van der Waals surface area contributed by atoms with E-state index in [1.165, 1.54) is 6.07 Å². The molecule has 1 aromatic carbocycles. The van der Waals surface area contributed by atoms with E-state index in [-0.39, 0.29) is 11.6 Å². The van der Waals surface area contributed by atoms with E-state index >= 15 is 0 Å². The first-order valence-electron chi connectivity index (χ1n) is 5.29. The second kappa shape index (κ2) is 3.89. The highest BCUT2D eigenvalue weighted by Gasteiger charge is 2.25. The maximum absolute atomic E-state index is 13.1. The van der Waals surface area contributed by atoms with E-state index in [1.54, 1.807) is 12.1 Å². The number of hydrogen-bond donors (Lipinski definition) is 1. The SMILES string of the molecule is CC(F)(F)c1cccc(C2CCCN2)c1. The molecular formula is C12H15F2N. The molecule has 1 aliphatic heterocycles. The highest BCUT2D eigenvalue weighted by atomic mass is 19.3. The van der Waals surface area contributed by atoms with Crippen LogP contribution in [0.2, 0.25) is 0 Å². The first-order chi connectivity index (χ1) is 7.07. The van der Waals surface area contributed by atoms with Gasteiger partial charge in [0, 0.05) is 18.5 Å². The summed E-state index contributed by atoms with van der Waals surface area (Å²) in [6.07, 6.45) is 2.16. The van der Waals surface area contributed by atoms with Gasteiger partial charge in [-0.1, -0.05) is 18.2 Å². The Balaban J connectivity index is 2.26. The topological polar surface area (TPSA) is 12.0 Å². The highest BCUT2D eigenvalue weighted by Crippen LogP contribution is 2.30. The molecule has 1 fully saturated rings. The number of halogens is 2. The van der Waals surface area contributed by atoms with Gasteiger partial charge in [0.25, 0.3) is 5.92 Å². The molecule has 1 heterocycles. The Kier molecular flexibility index (Phi) is 2.74. The number of rotatable bonds is 2. The van der Waals surface area contributed by atoms with Crippen LogP contribution in [0.4, 0.5) is 8.78 Å². The predicted molar refractivity (Wildman–Crippen MR) is 56.0 cm³/mol. The van der Waals surface area contributed by atoms with Crippen LogP contribution in [0, 0.1) is 0 Å². The van der Waals surface area contributed by atoms with Crippen molar-refractivity contribution in [1.82, 2.24) is 5.32 Å². The van der Waals surface area contributed by atoms with Crippen molar-refractivity contribution >= 4 is 0 Å². The number of hydrogen-bond acceptors (Lipinski definition) is 1. The van der Waals surface area contributed by atoms with Gasteiger partial charge in [-0.15, -0.1) is 0 Å². The van der Waals surface area contributed by atoms with Gasteiger partial charge in [-0.2, -0.15) is 0 Å². The van der Waals surface area contributed by atoms with Crippen LogP contribution in [0.25, 0.3) is 0 Å². The van der Waals surface area contributed by atoms with Crippen LogP contribution in [0.5, 0.6) is 0 Å². The third-order valence-electron chi connectivity index (χ3n) is 2.86. The molecule has 1 unspecified atom stereocenters. The maximum Gasteiger partial charge on any atom is 0.270 e. The Morgan fingerprint density at radius 3 is 2.80 bits per heavy atom. The minimum atomic E-state index is -2.74. The van der Waals surface area contributed by atoms with Crippen LogP contribution >= 0.6 is 0 Å². The van der Waals surface area contributed by atoms with Gasteiger partial charge in [-0.3, -0.25) is 0 Å². The van der Waals surface area contributed by atoms with Gasteiger partial charge < -0.3 is 5.32 Å². The van der Waals surface area contributed by atoms with E-state index in [9.17, 15) is 8.78 Å². The van der Waals surface area contributed by atoms with Gasteiger partial charge in [0.15, 0.2) is 0 Å². The number of benzene rings is 1. The van der Waals surface area contributed by atoms with Crippen molar-refractivity contribution in [3.8, 4) is 0 Å². The normalized spacial score (nSPS) is 21.9. The second-order valence-electron chi connectivity index (χ2n) is 4.16. The molecule has 2 rings (SSSR count). The fourth-order valence-electron chi connectivity index (χ4n) is 2.00. The Morgan fingerprint density at radius 2 is 2.20 bits per heavy atom. The standard InChI is InChI=1S/C12H15F2N/c1-12(13,14)10-5-2-4-9(8-10)11-6-3-7-15-11/h2,4-5,8,11,15H,3,6-7H2,1H3. The fraction of sp³-hybridized carbons (Fsp3) is 0.500. The lowest BCUT2D eigenvalue weighted by Gasteiger charge is -2.15. The molecule has 3 heteroatoms. The van der Waals surface area contributed by atoms with E-state index < -0.39 is 5.92 Å². The zero-order valence-electron chi connectivity index (χ0n) is 8.76. The summed E-state index contributed by atoms with van der Waals surface area (Å²) in [4.78, 5) is 0. The average Bonchev–Trinajstić information content (AvgIpc) is 2.69. The van der Waals surface area contributed by atoms with E-state index in [0.717, 1.165) is 31.9 Å². The molecule has 0 amide bonds. The van der Waals surface area contributed by atoms with Crippen LogP contribution in [0.3, 0.4) is 0 Å². The molecule has 1 aromatic rings. The van der Waals surface area contributed by atoms with Crippen LogP contribution in [0.15, 0.2) is 24.3 Å². The van der Waals surface area contributed by atoms with Crippen LogP contribution in [0.1, 0.15) is 36.9 Å². The summed E-state index contributed by atoms with van der Waals surface area (Å²) in [5, 5.41) is 3.31. The van der Waals surface area contributed by atoms with Crippen molar-refractivity contribution in [3.05, 3.63) is 35.4 Å². The Bertz CT molecular complexity index is 338. The molecule has 15 heavy (non-hydrogen) atoms. The monoisotopic (exact) mass is 211 g/mol. The van der Waals surface area contributed by atoms with E-state index in [0.29, 0.717) is 0 Å². The summed E-state index contributed by atoms with van der Waals surface area (Å²) in [6.45, 7) is 1.92. The summed E-state index contributed by atoms with van der Waals surface area (Å²) in [6, 6.07) is 6.98. The highest BCUT2D eigenvalue weighted by molar-refractivity contribution is 5.29. The molecule has 1 nitrogen and oxygen atoms in total. The van der Waals surface area contributed by atoms with Crippen molar-refractivity contribution in [2.24, 2.45) is 0 Å². The average molecular weight is 211 g/mol. The summed E-state index contributed by atoms with van der Waals surface area (Å²) in [7, 11) is 0. The molecule has 82 valence electrons. The molecule has 0 aromatic heterocycles. The van der Waals surface area contributed by atoms with Gasteiger partial charge >= 0.3 is 0 Å². The molecular weight excluding hydrogens is 196 g/mol. The molecule has 1 saturated heterocycles. The quantitative estimate of drug-likeness (QED) is 0.792. The van der Waals surface area contributed by atoms with Crippen LogP contribution < -0.4 is 5.32 Å². The van der Waals surface area contributed by atoms with Crippen molar-refractivity contribution in [2.75, 3.05) is 6.54 Å². The van der Waals surface area contributed by atoms with E-state index in [2.05, 4.69) is 5.32 Å².